The maximum atomic E-state index is 12.1. The van der Waals surface area contributed by atoms with Gasteiger partial charge in [0.25, 0.3) is 0 Å². The molecule has 1 fully saturated rings. The Morgan fingerprint density at radius 1 is 1.38 bits per heavy atom. The van der Waals surface area contributed by atoms with Crippen LogP contribution in [0.15, 0.2) is 12.1 Å². The number of likely N-dealkylation sites (N-methyl/N-ethyl adjacent to an activating group) is 1. The van der Waals surface area contributed by atoms with Crippen LogP contribution in [0.2, 0.25) is 5.02 Å². The third-order valence-electron chi connectivity index (χ3n) is 4.11. The second-order valence-electron chi connectivity index (χ2n) is 5.64. The van der Waals surface area contributed by atoms with E-state index in [0.717, 1.165) is 19.4 Å². The van der Waals surface area contributed by atoms with Crippen molar-refractivity contribution in [3.8, 4) is 5.75 Å². The minimum atomic E-state index is -0.561. The highest BCUT2D eigenvalue weighted by Crippen LogP contribution is 2.31. The second-order valence-corrected chi connectivity index (χ2v) is 6.04. The average molecular weight is 356 g/mol. The number of urea groups is 1. The molecule has 1 aromatic carbocycles. The lowest BCUT2D eigenvalue weighted by Crippen LogP contribution is -2.40. The maximum Gasteiger partial charge on any atom is 0.341 e. The van der Waals surface area contributed by atoms with Crippen LogP contribution in [0.25, 0.3) is 0 Å². The van der Waals surface area contributed by atoms with Gasteiger partial charge in [0.15, 0.2) is 0 Å². The number of benzene rings is 1. The Morgan fingerprint density at radius 2 is 2.12 bits per heavy atom. The summed E-state index contributed by atoms with van der Waals surface area (Å²) >= 11 is 6.14. The van der Waals surface area contributed by atoms with Crippen LogP contribution < -0.4 is 15.4 Å². The van der Waals surface area contributed by atoms with Crippen molar-refractivity contribution in [1.82, 2.24) is 10.2 Å². The molecule has 0 spiro atoms. The molecule has 1 aromatic rings. The summed E-state index contributed by atoms with van der Waals surface area (Å²) in [6.45, 7) is 1.61. The summed E-state index contributed by atoms with van der Waals surface area (Å²) in [6, 6.07) is 2.90. The van der Waals surface area contributed by atoms with Gasteiger partial charge >= 0.3 is 12.0 Å². The van der Waals surface area contributed by atoms with E-state index in [1.807, 2.05) is 7.05 Å². The smallest absolute Gasteiger partial charge is 0.341 e. The zero-order chi connectivity index (χ0) is 17.7. The molecule has 0 aromatic heterocycles. The normalized spacial score (nSPS) is 17.4. The number of rotatable bonds is 5. The zero-order valence-electron chi connectivity index (χ0n) is 14.0. The van der Waals surface area contributed by atoms with Gasteiger partial charge in [-0.2, -0.15) is 0 Å². The van der Waals surface area contributed by atoms with Crippen molar-refractivity contribution in [2.75, 3.05) is 39.7 Å². The van der Waals surface area contributed by atoms with E-state index in [-0.39, 0.29) is 22.4 Å². The Hall–Kier alpha value is -1.99. The van der Waals surface area contributed by atoms with Gasteiger partial charge in [-0.25, -0.2) is 9.59 Å². The average Bonchev–Trinajstić information content (AvgIpc) is 2.98. The molecule has 1 aliphatic rings. The number of methoxy groups -OCH3 is 2. The van der Waals surface area contributed by atoms with Crippen LogP contribution in [0.3, 0.4) is 0 Å². The van der Waals surface area contributed by atoms with Gasteiger partial charge in [-0.3, -0.25) is 0 Å². The van der Waals surface area contributed by atoms with Gasteiger partial charge in [0, 0.05) is 18.7 Å². The number of hydrogen-bond acceptors (Lipinski definition) is 5. The number of nitrogens with zero attached hydrogens (tertiary/aromatic N) is 1. The number of amides is 2. The van der Waals surface area contributed by atoms with Crippen LogP contribution in [-0.2, 0) is 4.74 Å². The predicted octanol–water partition coefficient (Wildman–Crippen LogP) is 2.35. The molecule has 0 unspecified atom stereocenters. The molecule has 2 amide bonds. The Balaban J connectivity index is 2.03. The third kappa shape index (κ3) is 4.30. The fourth-order valence-corrected chi connectivity index (χ4v) is 2.91. The van der Waals surface area contributed by atoms with Gasteiger partial charge in [0.2, 0.25) is 0 Å². The van der Waals surface area contributed by atoms with E-state index < -0.39 is 5.97 Å². The van der Waals surface area contributed by atoms with E-state index in [4.69, 9.17) is 16.3 Å². The van der Waals surface area contributed by atoms with Crippen molar-refractivity contribution in [2.24, 2.45) is 0 Å². The molecule has 1 saturated heterocycles. The topological polar surface area (TPSA) is 79.9 Å². The summed E-state index contributed by atoms with van der Waals surface area (Å²) in [6.07, 6.45) is 2.21. The monoisotopic (exact) mass is 355 g/mol. The van der Waals surface area contributed by atoms with Crippen LogP contribution in [0.4, 0.5) is 10.5 Å². The molecule has 8 heteroatoms. The molecule has 1 heterocycles. The van der Waals surface area contributed by atoms with Gasteiger partial charge in [-0.05, 0) is 32.5 Å². The van der Waals surface area contributed by atoms with Crippen LogP contribution in [-0.4, -0.2) is 57.3 Å². The maximum absolute atomic E-state index is 12.1. The van der Waals surface area contributed by atoms with E-state index in [2.05, 4.69) is 20.3 Å². The number of ether oxygens (including phenoxy) is 2. The van der Waals surface area contributed by atoms with Crippen LogP contribution in [0.1, 0.15) is 23.2 Å². The van der Waals surface area contributed by atoms with Gasteiger partial charge in [0.1, 0.15) is 11.3 Å². The lowest BCUT2D eigenvalue weighted by atomic mass is 10.1. The molecule has 0 radical (unpaired) electrons. The van der Waals surface area contributed by atoms with Gasteiger partial charge < -0.3 is 25.0 Å². The highest BCUT2D eigenvalue weighted by Gasteiger charge is 2.22. The van der Waals surface area contributed by atoms with Gasteiger partial charge in [0.05, 0.1) is 24.9 Å². The van der Waals surface area contributed by atoms with Crippen LogP contribution >= 0.6 is 11.6 Å². The second kappa shape index (κ2) is 8.21. The lowest BCUT2D eigenvalue weighted by Gasteiger charge is -2.20. The van der Waals surface area contributed by atoms with E-state index >= 15 is 0 Å². The fourth-order valence-electron chi connectivity index (χ4n) is 2.70. The Labute approximate surface area is 146 Å². The summed E-state index contributed by atoms with van der Waals surface area (Å²) in [4.78, 5) is 26.0. The van der Waals surface area contributed by atoms with Crippen molar-refractivity contribution < 1.29 is 19.1 Å². The van der Waals surface area contributed by atoms with E-state index in [9.17, 15) is 9.59 Å². The number of carbonyl (C=O) groups excluding carboxylic acids is 2. The Morgan fingerprint density at radius 3 is 2.71 bits per heavy atom. The van der Waals surface area contributed by atoms with Crippen LogP contribution in [0.5, 0.6) is 5.75 Å². The number of nitrogens with one attached hydrogen (secondary N) is 2. The van der Waals surface area contributed by atoms with Crippen molar-refractivity contribution in [2.45, 2.75) is 18.9 Å². The fraction of sp³-hybridized carbons (Fsp3) is 0.500. The first kappa shape index (κ1) is 18.4. The standard InChI is InChI=1S/C16H22ClN3O4/c1-20-6-4-5-10(20)9-18-16(22)19-13-8-14(23-2)11(7-12(13)17)15(21)24-3/h7-8,10H,4-6,9H2,1-3H3,(H2,18,19,22)/t10-/m1/s1. The largest absolute Gasteiger partial charge is 0.496 e. The van der Waals surface area contributed by atoms with Gasteiger partial charge in [-0.1, -0.05) is 11.6 Å². The first-order valence-electron chi connectivity index (χ1n) is 7.67. The molecular weight excluding hydrogens is 334 g/mol. The SMILES string of the molecule is COC(=O)c1cc(Cl)c(NC(=O)NC[C@H]2CCCN2C)cc1OC. The van der Waals surface area contributed by atoms with Crippen molar-refractivity contribution in [3.05, 3.63) is 22.7 Å². The highest BCUT2D eigenvalue weighted by molar-refractivity contribution is 6.34. The lowest BCUT2D eigenvalue weighted by molar-refractivity contribution is 0.0597. The summed E-state index contributed by atoms with van der Waals surface area (Å²) in [5.41, 5.74) is 0.557. The minimum absolute atomic E-state index is 0.198. The molecule has 0 aliphatic carbocycles. The number of esters is 1. The molecule has 1 atom stereocenters. The van der Waals surface area contributed by atoms with Crippen molar-refractivity contribution in [3.63, 3.8) is 0 Å². The van der Waals surface area contributed by atoms with E-state index in [0.29, 0.717) is 18.3 Å². The Kier molecular flexibility index (Phi) is 6.28. The van der Waals surface area contributed by atoms with E-state index in [1.165, 1.54) is 26.4 Å². The molecule has 132 valence electrons. The number of halogens is 1. The molecule has 7 nitrogen and oxygen atoms in total. The number of likely N-dealkylation sites (tertiary alicyclic amines) is 1. The molecule has 2 rings (SSSR count). The first-order chi connectivity index (χ1) is 11.5. The van der Waals surface area contributed by atoms with Crippen molar-refractivity contribution in [1.29, 1.82) is 0 Å². The summed E-state index contributed by atoms with van der Waals surface area (Å²) < 4.78 is 9.84. The molecule has 24 heavy (non-hydrogen) atoms. The first-order valence-corrected chi connectivity index (χ1v) is 8.05. The summed E-state index contributed by atoms with van der Waals surface area (Å²) in [7, 11) is 4.75. The Bertz CT molecular complexity index is 624. The van der Waals surface area contributed by atoms with Crippen LogP contribution in [0, 0.1) is 0 Å². The van der Waals surface area contributed by atoms with Gasteiger partial charge in [-0.15, -0.1) is 0 Å². The molecule has 1 aliphatic heterocycles. The number of carbonyl (C=O) groups is 2. The summed E-state index contributed by atoms with van der Waals surface area (Å²) in [5.74, 6) is -0.286. The van der Waals surface area contributed by atoms with Crippen molar-refractivity contribution >= 4 is 29.3 Å². The number of hydrogen-bond donors (Lipinski definition) is 2. The predicted molar refractivity (Wildman–Crippen MR) is 92.0 cm³/mol. The summed E-state index contributed by atoms with van der Waals surface area (Å²) in [5, 5.41) is 5.74. The highest BCUT2D eigenvalue weighted by atomic mass is 35.5. The zero-order valence-corrected chi connectivity index (χ0v) is 14.8. The molecular formula is C16H22ClN3O4. The quantitative estimate of drug-likeness (QED) is 0.792. The number of anilines is 1. The van der Waals surface area contributed by atoms with E-state index in [1.54, 1.807) is 0 Å². The molecule has 0 bridgehead atoms. The third-order valence-corrected chi connectivity index (χ3v) is 4.43. The molecule has 2 N–H and O–H groups in total. The minimum Gasteiger partial charge on any atom is -0.496 e. The molecule has 0 saturated carbocycles.